The van der Waals surface area contributed by atoms with Crippen LogP contribution in [0.25, 0.3) is 10.9 Å². The van der Waals surface area contributed by atoms with Crippen LogP contribution in [0.2, 0.25) is 0 Å². The van der Waals surface area contributed by atoms with Crippen LogP contribution < -0.4 is 0 Å². The topological polar surface area (TPSA) is 34.4 Å². The molecule has 0 spiro atoms. The van der Waals surface area contributed by atoms with Gasteiger partial charge in [-0.3, -0.25) is 0 Å². The first-order valence-electron chi connectivity index (χ1n) is 4.31. The SMILES string of the molecule is CC(N=O)n1ccc2c(F)cccc21. The summed E-state index contributed by atoms with van der Waals surface area (Å²) in [6.07, 6.45) is 1.16. The van der Waals surface area contributed by atoms with Gasteiger partial charge in [0, 0.05) is 11.6 Å². The van der Waals surface area contributed by atoms with E-state index in [1.54, 1.807) is 35.9 Å². The first-order valence-corrected chi connectivity index (χ1v) is 4.31. The Hall–Kier alpha value is -1.71. The molecular formula is C10H9FN2O. The zero-order valence-corrected chi connectivity index (χ0v) is 7.64. The molecule has 0 amide bonds. The van der Waals surface area contributed by atoms with Crippen molar-refractivity contribution in [3.63, 3.8) is 0 Å². The zero-order chi connectivity index (χ0) is 10.1. The quantitative estimate of drug-likeness (QED) is 0.673. The van der Waals surface area contributed by atoms with E-state index in [2.05, 4.69) is 5.18 Å². The maximum Gasteiger partial charge on any atom is 0.164 e. The Morgan fingerprint density at radius 2 is 2.21 bits per heavy atom. The van der Waals surface area contributed by atoms with Crippen LogP contribution in [0.4, 0.5) is 4.39 Å². The fourth-order valence-electron chi connectivity index (χ4n) is 1.53. The summed E-state index contributed by atoms with van der Waals surface area (Å²) in [6.45, 7) is 1.66. The monoisotopic (exact) mass is 192 g/mol. The van der Waals surface area contributed by atoms with Crippen molar-refractivity contribution < 1.29 is 4.39 Å². The molecule has 0 bridgehead atoms. The number of aromatic nitrogens is 1. The number of nitroso groups, excluding NO2 is 1. The second kappa shape index (κ2) is 3.21. The van der Waals surface area contributed by atoms with E-state index in [4.69, 9.17) is 0 Å². The Balaban J connectivity index is 2.69. The van der Waals surface area contributed by atoms with Crippen molar-refractivity contribution in [2.45, 2.75) is 13.1 Å². The molecule has 0 radical (unpaired) electrons. The van der Waals surface area contributed by atoms with Gasteiger partial charge in [-0.05, 0) is 30.3 Å². The zero-order valence-electron chi connectivity index (χ0n) is 7.64. The lowest BCUT2D eigenvalue weighted by Gasteiger charge is -2.06. The third kappa shape index (κ3) is 1.19. The molecule has 4 heteroatoms. The molecule has 1 unspecified atom stereocenters. The molecule has 1 heterocycles. The Kier molecular flexibility index (Phi) is 2.04. The van der Waals surface area contributed by atoms with E-state index in [1.807, 2.05) is 0 Å². The van der Waals surface area contributed by atoms with Gasteiger partial charge in [-0.1, -0.05) is 6.07 Å². The lowest BCUT2D eigenvalue weighted by Crippen LogP contribution is -1.99. The molecule has 0 fully saturated rings. The Bertz CT molecular complexity index is 478. The molecule has 2 aromatic rings. The number of nitrogens with zero attached hydrogens (tertiary/aromatic N) is 2. The normalized spacial score (nSPS) is 13.0. The molecule has 0 N–H and O–H groups in total. The molecule has 2 rings (SSSR count). The lowest BCUT2D eigenvalue weighted by molar-refractivity contribution is 0.589. The third-order valence-corrected chi connectivity index (χ3v) is 2.26. The minimum absolute atomic E-state index is 0.278. The minimum atomic E-state index is -0.505. The molecule has 1 aromatic heterocycles. The summed E-state index contributed by atoms with van der Waals surface area (Å²) < 4.78 is 14.9. The average Bonchev–Trinajstić information content (AvgIpc) is 2.62. The second-order valence-electron chi connectivity index (χ2n) is 3.13. The van der Waals surface area contributed by atoms with Gasteiger partial charge in [-0.2, -0.15) is 0 Å². The van der Waals surface area contributed by atoms with Crippen molar-refractivity contribution >= 4 is 10.9 Å². The van der Waals surface area contributed by atoms with E-state index in [0.29, 0.717) is 10.9 Å². The minimum Gasteiger partial charge on any atom is -0.322 e. The molecule has 0 aliphatic carbocycles. The Labute approximate surface area is 80.1 Å². The van der Waals surface area contributed by atoms with Crippen LogP contribution >= 0.6 is 0 Å². The van der Waals surface area contributed by atoms with E-state index in [0.717, 1.165) is 0 Å². The number of hydrogen-bond acceptors (Lipinski definition) is 2. The van der Waals surface area contributed by atoms with Gasteiger partial charge in [0.1, 0.15) is 5.82 Å². The van der Waals surface area contributed by atoms with Gasteiger partial charge in [0.25, 0.3) is 0 Å². The van der Waals surface area contributed by atoms with Crippen molar-refractivity contribution in [1.82, 2.24) is 4.57 Å². The van der Waals surface area contributed by atoms with E-state index < -0.39 is 6.17 Å². The largest absolute Gasteiger partial charge is 0.322 e. The average molecular weight is 192 g/mol. The van der Waals surface area contributed by atoms with Gasteiger partial charge in [0.05, 0.1) is 5.52 Å². The molecule has 72 valence electrons. The number of fused-ring (bicyclic) bond motifs is 1. The standard InChI is InChI=1S/C10H9FN2O/c1-7(12-14)13-6-5-8-9(11)3-2-4-10(8)13/h2-7H,1H3. The molecular weight excluding hydrogens is 183 g/mol. The van der Waals surface area contributed by atoms with Gasteiger partial charge < -0.3 is 4.57 Å². The summed E-state index contributed by atoms with van der Waals surface area (Å²) in [5, 5.41) is 3.42. The van der Waals surface area contributed by atoms with Crippen LogP contribution in [0.15, 0.2) is 35.6 Å². The number of rotatable bonds is 2. The Morgan fingerprint density at radius 3 is 2.93 bits per heavy atom. The highest BCUT2D eigenvalue weighted by Crippen LogP contribution is 2.22. The van der Waals surface area contributed by atoms with Crippen molar-refractivity contribution in [2.24, 2.45) is 5.18 Å². The van der Waals surface area contributed by atoms with Crippen molar-refractivity contribution in [2.75, 3.05) is 0 Å². The summed E-state index contributed by atoms with van der Waals surface area (Å²) in [4.78, 5) is 10.4. The summed E-state index contributed by atoms with van der Waals surface area (Å²) in [5.74, 6) is -0.278. The summed E-state index contributed by atoms with van der Waals surface area (Å²) in [5.41, 5.74) is 0.692. The lowest BCUT2D eigenvalue weighted by atomic mass is 10.2. The molecule has 1 aromatic carbocycles. The van der Waals surface area contributed by atoms with Gasteiger partial charge in [0.15, 0.2) is 6.17 Å². The maximum atomic E-state index is 13.2. The van der Waals surface area contributed by atoms with Crippen LogP contribution in [-0.2, 0) is 0 Å². The van der Waals surface area contributed by atoms with Crippen LogP contribution in [0.3, 0.4) is 0 Å². The van der Waals surface area contributed by atoms with Crippen molar-refractivity contribution in [3.8, 4) is 0 Å². The molecule has 0 aliphatic rings. The van der Waals surface area contributed by atoms with Crippen LogP contribution in [0.5, 0.6) is 0 Å². The van der Waals surface area contributed by atoms with Crippen LogP contribution in [0.1, 0.15) is 13.1 Å². The predicted octanol–water partition coefficient (Wildman–Crippen LogP) is 3.07. The molecule has 0 saturated heterocycles. The molecule has 0 aliphatic heterocycles. The van der Waals surface area contributed by atoms with E-state index >= 15 is 0 Å². The predicted molar refractivity (Wildman–Crippen MR) is 52.4 cm³/mol. The maximum absolute atomic E-state index is 13.2. The van der Waals surface area contributed by atoms with Gasteiger partial charge >= 0.3 is 0 Å². The van der Waals surface area contributed by atoms with Crippen molar-refractivity contribution in [3.05, 3.63) is 41.2 Å². The van der Waals surface area contributed by atoms with E-state index in [9.17, 15) is 9.30 Å². The van der Waals surface area contributed by atoms with E-state index in [-0.39, 0.29) is 5.82 Å². The highest BCUT2D eigenvalue weighted by atomic mass is 19.1. The highest BCUT2D eigenvalue weighted by molar-refractivity contribution is 5.80. The van der Waals surface area contributed by atoms with Crippen molar-refractivity contribution in [1.29, 1.82) is 0 Å². The fraction of sp³-hybridized carbons (Fsp3) is 0.200. The molecule has 1 atom stereocenters. The first-order chi connectivity index (χ1) is 6.74. The van der Waals surface area contributed by atoms with E-state index in [1.165, 1.54) is 6.07 Å². The molecule has 0 saturated carbocycles. The number of hydrogen-bond donors (Lipinski definition) is 0. The summed E-state index contributed by atoms with van der Waals surface area (Å²) in [7, 11) is 0. The summed E-state index contributed by atoms with van der Waals surface area (Å²) >= 11 is 0. The molecule has 14 heavy (non-hydrogen) atoms. The smallest absolute Gasteiger partial charge is 0.164 e. The van der Waals surface area contributed by atoms with Crippen LogP contribution in [-0.4, -0.2) is 4.57 Å². The number of benzene rings is 1. The third-order valence-electron chi connectivity index (χ3n) is 2.26. The number of halogens is 1. The van der Waals surface area contributed by atoms with Gasteiger partial charge in [-0.25, -0.2) is 4.39 Å². The molecule has 3 nitrogen and oxygen atoms in total. The van der Waals surface area contributed by atoms with Gasteiger partial charge in [-0.15, -0.1) is 4.91 Å². The fourth-order valence-corrected chi connectivity index (χ4v) is 1.53. The van der Waals surface area contributed by atoms with Crippen LogP contribution in [0, 0.1) is 10.7 Å². The second-order valence-corrected chi connectivity index (χ2v) is 3.13. The Morgan fingerprint density at radius 1 is 1.43 bits per heavy atom. The highest BCUT2D eigenvalue weighted by Gasteiger charge is 2.09. The first kappa shape index (κ1) is 8.87. The van der Waals surface area contributed by atoms with Gasteiger partial charge in [0.2, 0.25) is 0 Å². The summed E-state index contributed by atoms with van der Waals surface area (Å²) in [6, 6.07) is 6.42.